The van der Waals surface area contributed by atoms with Gasteiger partial charge < -0.3 is 5.32 Å². The van der Waals surface area contributed by atoms with Gasteiger partial charge in [-0.2, -0.15) is 0 Å². The highest BCUT2D eigenvalue weighted by atomic mass is 35.5. The zero-order valence-electron chi connectivity index (χ0n) is 12.2. The average molecular weight is 373 g/mol. The summed E-state index contributed by atoms with van der Waals surface area (Å²) in [5.41, 5.74) is 0.229. The number of nitrogens with zero attached hydrogens (tertiary/aromatic N) is 2. The number of carbonyl (C=O) groups is 1. The van der Waals surface area contributed by atoms with Crippen LogP contribution in [0.3, 0.4) is 0 Å². The van der Waals surface area contributed by atoms with E-state index in [2.05, 4.69) is 15.3 Å². The molecule has 0 fully saturated rings. The number of fused-ring (bicyclic) bond motifs is 1. The highest BCUT2D eigenvalue weighted by Crippen LogP contribution is 2.17. The van der Waals surface area contributed by atoms with Gasteiger partial charge in [-0.3, -0.25) is 19.0 Å². The van der Waals surface area contributed by atoms with Crippen molar-refractivity contribution < 1.29 is 4.79 Å². The minimum Gasteiger partial charge on any atom is -0.346 e. The second kappa shape index (κ2) is 6.65. The number of hydrogen-bond donors (Lipinski definition) is 2. The largest absolute Gasteiger partial charge is 0.346 e. The lowest BCUT2D eigenvalue weighted by atomic mass is 10.4. The maximum absolute atomic E-state index is 12.2. The Balaban J connectivity index is 0.00000192. The SMILES string of the molecule is Cc1nc(CNC(=O)c2cn3c(=O)[nH]c(=O)c(C)c3s2)cs1.Cl. The zero-order valence-corrected chi connectivity index (χ0v) is 14.7. The number of amides is 1. The van der Waals surface area contributed by atoms with Gasteiger partial charge in [-0.1, -0.05) is 0 Å². The number of carbonyl (C=O) groups excluding carboxylic acids is 1. The van der Waals surface area contributed by atoms with Crippen molar-refractivity contribution in [2.75, 3.05) is 0 Å². The van der Waals surface area contributed by atoms with Crippen molar-refractivity contribution in [2.45, 2.75) is 20.4 Å². The molecule has 0 aliphatic heterocycles. The molecule has 0 spiro atoms. The normalized spacial score (nSPS) is 10.5. The van der Waals surface area contributed by atoms with E-state index in [1.54, 1.807) is 6.92 Å². The zero-order chi connectivity index (χ0) is 15.9. The molecule has 7 nitrogen and oxygen atoms in total. The van der Waals surface area contributed by atoms with E-state index in [0.717, 1.165) is 22.0 Å². The third kappa shape index (κ3) is 3.36. The summed E-state index contributed by atoms with van der Waals surface area (Å²) < 4.78 is 1.28. The molecule has 0 aliphatic carbocycles. The number of rotatable bonds is 3. The molecule has 0 saturated carbocycles. The van der Waals surface area contributed by atoms with Gasteiger partial charge in [-0.15, -0.1) is 35.1 Å². The lowest BCUT2D eigenvalue weighted by Crippen LogP contribution is -2.26. The predicted molar refractivity (Wildman–Crippen MR) is 92.2 cm³/mol. The molecule has 3 rings (SSSR count). The van der Waals surface area contributed by atoms with Gasteiger partial charge in [0.15, 0.2) is 0 Å². The second-order valence-electron chi connectivity index (χ2n) is 4.70. The Kier molecular flexibility index (Phi) is 5.03. The van der Waals surface area contributed by atoms with Crippen LogP contribution in [-0.2, 0) is 6.54 Å². The van der Waals surface area contributed by atoms with Crippen LogP contribution in [0.25, 0.3) is 4.83 Å². The lowest BCUT2D eigenvalue weighted by molar-refractivity contribution is 0.0954. The van der Waals surface area contributed by atoms with Crippen LogP contribution in [0, 0.1) is 13.8 Å². The van der Waals surface area contributed by atoms with Crippen LogP contribution in [-0.4, -0.2) is 20.3 Å². The number of halogens is 1. The van der Waals surface area contributed by atoms with Crippen molar-refractivity contribution >= 4 is 45.8 Å². The first-order valence-corrected chi connectivity index (χ1v) is 8.09. The van der Waals surface area contributed by atoms with E-state index in [9.17, 15) is 14.4 Å². The van der Waals surface area contributed by atoms with Gasteiger partial charge in [-0.05, 0) is 13.8 Å². The van der Waals surface area contributed by atoms with Gasteiger partial charge in [0, 0.05) is 17.1 Å². The Labute approximate surface area is 144 Å². The summed E-state index contributed by atoms with van der Waals surface area (Å²) in [6, 6.07) is 0. The first-order chi connectivity index (χ1) is 10.5. The molecule has 10 heteroatoms. The summed E-state index contributed by atoms with van der Waals surface area (Å²) >= 11 is 2.63. The molecule has 122 valence electrons. The number of hydrogen-bond acceptors (Lipinski definition) is 6. The van der Waals surface area contributed by atoms with E-state index >= 15 is 0 Å². The molecule has 3 aromatic heterocycles. The highest BCUT2D eigenvalue weighted by Gasteiger charge is 2.14. The van der Waals surface area contributed by atoms with E-state index in [-0.39, 0.29) is 18.3 Å². The summed E-state index contributed by atoms with van der Waals surface area (Å²) in [6.45, 7) is 3.84. The van der Waals surface area contributed by atoms with Gasteiger partial charge in [0.05, 0.1) is 17.2 Å². The molecule has 0 bridgehead atoms. The number of aryl methyl sites for hydroxylation is 2. The smallest absolute Gasteiger partial charge is 0.333 e. The second-order valence-corrected chi connectivity index (χ2v) is 6.79. The Morgan fingerprint density at radius 3 is 2.78 bits per heavy atom. The van der Waals surface area contributed by atoms with Crippen LogP contribution >= 0.6 is 35.1 Å². The van der Waals surface area contributed by atoms with Crippen LogP contribution in [0.1, 0.15) is 25.9 Å². The Morgan fingerprint density at radius 2 is 2.13 bits per heavy atom. The maximum atomic E-state index is 12.2. The lowest BCUT2D eigenvalue weighted by Gasteiger charge is -1.99. The number of aromatic amines is 1. The van der Waals surface area contributed by atoms with Crippen LogP contribution in [0.2, 0.25) is 0 Å². The predicted octanol–water partition coefficient (Wildman–Crippen LogP) is 1.47. The number of nitrogens with one attached hydrogen (secondary N) is 2. The molecule has 0 radical (unpaired) electrons. The Bertz CT molecular complexity index is 985. The minimum absolute atomic E-state index is 0. The van der Waals surface area contributed by atoms with E-state index in [1.165, 1.54) is 21.9 Å². The first-order valence-electron chi connectivity index (χ1n) is 6.40. The van der Waals surface area contributed by atoms with Crippen LogP contribution < -0.4 is 16.6 Å². The topological polar surface area (TPSA) is 96.3 Å². The van der Waals surface area contributed by atoms with Gasteiger partial charge in [0.2, 0.25) is 0 Å². The first kappa shape index (κ1) is 17.4. The fourth-order valence-corrected chi connectivity index (χ4v) is 3.59. The molecular weight excluding hydrogens is 360 g/mol. The van der Waals surface area contributed by atoms with E-state index in [1.807, 2.05) is 12.3 Å². The highest BCUT2D eigenvalue weighted by molar-refractivity contribution is 7.19. The summed E-state index contributed by atoms with van der Waals surface area (Å²) in [6.07, 6.45) is 1.44. The molecule has 2 N–H and O–H groups in total. The summed E-state index contributed by atoms with van der Waals surface area (Å²) in [4.78, 5) is 42.8. The third-order valence-corrected chi connectivity index (χ3v) is 5.12. The molecule has 3 heterocycles. The van der Waals surface area contributed by atoms with Crippen molar-refractivity contribution in [1.29, 1.82) is 0 Å². The molecule has 23 heavy (non-hydrogen) atoms. The number of thiazole rings is 2. The molecular formula is C13H13ClN4O3S2. The van der Waals surface area contributed by atoms with Gasteiger partial charge in [-0.25, -0.2) is 9.78 Å². The van der Waals surface area contributed by atoms with Crippen molar-refractivity contribution in [3.05, 3.63) is 53.6 Å². The van der Waals surface area contributed by atoms with E-state index in [4.69, 9.17) is 0 Å². The maximum Gasteiger partial charge on any atom is 0.333 e. The van der Waals surface area contributed by atoms with Crippen LogP contribution in [0.5, 0.6) is 0 Å². The summed E-state index contributed by atoms with van der Waals surface area (Å²) in [5.74, 6) is -0.300. The standard InChI is InChI=1S/C13H12N4O3S2.ClH/c1-6-10(18)16-13(20)17-4-9(22-12(6)17)11(19)14-3-8-5-21-7(2)15-8;/h4-5H,3H2,1-2H3,(H,14,19)(H,16,18,20);1H. The number of H-pyrrole nitrogens is 1. The van der Waals surface area contributed by atoms with Crippen molar-refractivity contribution in [3.8, 4) is 0 Å². The van der Waals surface area contributed by atoms with Crippen molar-refractivity contribution in [3.63, 3.8) is 0 Å². The monoisotopic (exact) mass is 372 g/mol. The van der Waals surface area contributed by atoms with E-state index < -0.39 is 11.2 Å². The number of aromatic nitrogens is 3. The molecule has 0 atom stereocenters. The van der Waals surface area contributed by atoms with Crippen molar-refractivity contribution in [2.24, 2.45) is 0 Å². The average Bonchev–Trinajstić information content (AvgIpc) is 3.09. The Morgan fingerprint density at radius 1 is 1.39 bits per heavy atom. The van der Waals surface area contributed by atoms with Gasteiger partial charge in [0.1, 0.15) is 9.71 Å². The fraction of sp³-hybridized carbons (Fsp3) is 0.231. The fourth-order valence-electron chi connectivity index (χ4n) is 1.96. The van der Waals surface area contributed by atoms with Crippen LogP contribution in [0.15, 0.2) is 21.2 Å². The molecule has 1 amide bonds. The van der Waals surface area contributed by atoms with Crippen LogP contribution in [0.4, 0.5) is 0 Å². The molecule has 0 saturated heterocycles. The molecule has 3 aromatic rings. The molecule has 0 unspecified atom stereocenters. The summed E-state index contributed by atoms with van der Waals surface area (Å²) in [7, 11) is 0. The van der Waals surface area contributed by atoms with Crippen molar-refractivity contribution in [1.82, 2.24) is 19.7 Å². The van der Waals surface area contributed by atoms with E-state index in [0.29, 0.717) is 21.8 Å². The molecule has 0 aromatic carbocycles. The summed E-state index contributed by atoms with van der Waals surface area (Å²) in [5, 5.41) is 5.57. The minimum atomic E-state index is -0.545. The quantitative estimate of drug-likeness (QED) is 0.727. The molecule has 0 aliphatic rings. The Hall–Kier alpha value is -1.97. The van der Waals surface area contributed by atoms with Gasteiger partial charge in [0.25, 0.3) is 11.5 Å². The van der Waals surface area contributed by atoms with Gasteiger partial charge >= 0.3 is 5.69 Å². The third-order valence-electron chi connectivity index (χ3n) is 3.09.